The lowest BCUT2D eigenvalue weighted by Crippen LogP contribution is -2.23. The van der Waals surface area contributed by atoms with Gasteiger partial charge in [-0.3, -0.25) is 9.59 Å². The monoisotopic (exact) mass is 414 g/mol. The maximum atomic E-state index is 12.7. The van der Waals surface area contributed by atoms with Crippen LogP contribution in [0.5, 0.6) is 5.75 Å². The van der Waals surface area contributed by atoms with Crippen LogP contribution in [-0.2, 0) is 4.79 Å². The molecule has 0 spiro atoms. The molecular weight excluding hydrogens is 392 g/mol. The first kappa shape index (κ1) is 21.4. The first-order valence-electron chi connectivity index (χ1n) is 9.76. The van der Waals surface area contributed by atoms with Crippen LogP contribution >= 0.6 is 0 Å². The summed E-state index contributed by atoms with van der Waals surface area (Å²) in [6.07, 6.45) is 0. The average molecular weight is 414 g/mol. The van der Waals surface area contributed by atoms with Gasteiger partial charge in [-0.05, 0) is 67.6 Å². The Morgan fingerprint density at radius 3 is 2.23 bits per heavy atom. The van der Waals surface area contributed by atoms with E-state index in [0.29, 0.717) is 34.8 Å². The third kappa shape index (κ3) is 6.08. The minimum atomic E-state index is -0.292. The van der Waals surface area contributed by atoms with E-state index in [1.165, 1.54) is 0 Å². The highest BCUT2D eigenvalue weighted by Crippen LogP contribution is 2.20. The number of nitriles is 1. The summed E-state index contributed by atoms with van der Waals surface area (Å²) in [5.41, 5.74) is 2.71. The van der Waals surface area contributed by atoms with Gasteiger partial charge in [0.15, 0.2) is 0 Å². The molecule has 3 rings (SSSR count). The fraction of sp³-hybridized carbons (Fsp3) is 0.125. The Balaban J connectivity index is 1.60. The molecule has 0 saturated heterocycles. The van der Waals surface area contributed by atoms with Gasteiger partial charge in [-0.25, -0.2) is 0 Å². The van der Waals surface area contributed by atoms with Crippen molar-refractivity contribution in [2.75, 3.05) is 29.1 Å². The predicted molar refractivity (Wildman–Crippen MR) is 120 cm³/mol. The second-order valence-electron chi connectivity index (χ2n) is 6.55. The van der Waals surface area contributed by atoms with Crippen LogP contribution in [0.15, 0.2) is 72.8 Å². The summed E-state index contributed by atoms with van der Waals surface area (Å²) in [6, 6.07) is 22.7. The van der Waals surface area contributed by atoms with Crippen molar-refractivity contribution in [3.8, 4) is 11.8 Å². The molecule has 2 amide bonds. The number of carbonyl (C=O) groups excluding carboxylic acids is 2. The maximum Gasteiger partial charge on any atom is 0.257 e. The molecule has 0 saturated carbocycles. The highest BCUT2D eigenvalue weighted by atomic mass is 16.5. The standard InChI is InChI=1S/C24H22N4O3/c1-2-31-20-13-11-19(12-14-20)28-24(30)21-5-3-4-6-22(21)26-16-23(29)27-18-9-7-17(15-25)8-10-18/h3-14,26H,2,16H2,1H3,(H,27,29)(H,28,30). The number of nitrogens with one attached hydrogen (secondary N) is 3. The number of ether oxygens (including phenoxy) is 1. The molecule has 0 heterocycles. The van der Waals surface area contributed by atoms with E-state index in [9.17, 15) is 9.59 Å². The number of rotatable bonds is 8. The van der Waals surface area contributed by atoms with Crippen molar-refractivity contribution in [1.82, 2.24) is 0 Å². The van der Waals surface area contributed by atoms with Crippen LogP contribution in [0.25, 0.3) is 0 Å². The Morgan fingerprint density at radius 2 is 1.55 bits per heavy atom. The molecular formula is C24H22N4O3. The molecule has 0 aromatic heterocycles. The van der Waals surface area contributed by atoms with Crippen LogP contribution < -0.4 is 20.7 Å². The van der Waals surface area contributed by atoms with Gasteiger partial charge in [0, 0.05) is 17.1 Å². The van der Waals surface area contributed by atoms with Crippen LogP contribution in [0.4, 0.5) is 17.1 Å². The number of carbonyl (C=O) groups is 2. The lowest BCUT2D eigenvalue weighted by molar-refractivity contribution is -0.114. The molecule has 3 N–H and O–H groups in total. The number of benzene rings is 3. The summed E-state index contributed by atoms with van der Waals surface area (Å²) < 4.78 is 5.40. The Kier molecular flexibility index (Phi) is 7.22. The van der Waals surface area contributed by atoms with E-state index in [0.717, 1.165) is 5.75 Å². The van der Waals surface area contributed by atoms with E-state index in [1.807, 2.05) is 13.0 Å². The third-order valence-corrected chi connectivity index (χ3v) is 4.33. The molecule has 7 heteroatoms. The highest BCUT2D eigenvalue weighted by Gasteiger charge is 2.12. The molecule has 31 heavy (non-hydrogen) atoms. The summed E-state index contributed by atoms with van der Waals surface area (Å²) in [4.78, 5) is 25.0. The summed E-state index contributed by atoms with van der Waals surface area (Å²) in [5, 5.41) is 17.4. The molecule has 0 fully saturated rings. The minimum Gasteiger partial charge on any atom is -0.494 e. The zero-order valence-electron chi connectivity index (χ0n) is 17.0. The van der Waals surface area contributed by atoms with Crippen molar-refractivity contribution in [3.63, 3.8) is 0 Å². The van der Waals surface area contributed by atoms with Gasteiger partial charge in [-0.2, -0.15) is 5.26 Å². The maximum absolute atomic E-state index is 12.7. The number of amides is 2. The fourth-order valence-corrected chi connectivity index (χ4v) is 2.84. The molecule has 0 atom stereocenters. The first-order valence-corrected chi connectivity index (χ1v) is 9.76. The van der Waals surface area contributed by atoms with Gasteiger partial charge >= 0.3 is 0 Å². The third-order valence-electron chi connectivity index (χ3n) is 4.33. The van der Waals surface area contributed by atoms with Gasteiger partial charge < -0.3 is 20.7 Å². The quantitative estimate of drug-likeness (QED) is 0.511. The molecule has 0 aliphatic carbocycles. The molecule has 0 unspecified atom stereocenters. The Labute approximate surface area is 180 Å². The molecule has 3 aromatic carbocycles. The van der Waals surface area contributed by atoms with Crippen molar-refractivity contribution in [1.29, 1.82) is 5.26 Å². The highest BCUT2D eigenvalue weighted by molar-refractivity contribution is 6.08. The molecule has 0 aliphatic heterocycles. The minimum absolute atomic E-state index is 0.0205. The van der Waals surface area contributed by atoms with Crippen molar-refractivity contribution in [3.05, 3.63) is 83.9 Å². The second kappa shape index (κ2) is 10.5. The number of para-hydroxylation sites is 1. The first-order chi connectivity index (χ1) is 15.1. The number of nitrogens with zero attached hydrogens (tertiary/aromatic N) is 1. The van der Waals surface area contributed by atoms with Gasteiger partial charge in [0.1, 0.15) is 5.75 Å². The lowest BCUT2D eigenvalue weighted by Gasteiger charge is -2.13. The lowest BCUT2D eigenvalue weighted by atomic mass is 10.1. The summed E-state index contributed by atoms with van der Waals surface area (Å²) >= 11 is 0. The van der Waals surface area contributed by atoms with Crippen LogP contribution in [0.3, 0.4) is 0 Å². The van der Waals surface area contributed by atoms with E-state index >= 15 is 0 Å². The number of hydrogen-bond donors (Lipinski definition) is 3. The smallest absolute Gasteiger partial charge is 0.257 e. The van der Waals surface area contributed by atoms with Gasteiger partial charge in [-0.15, -0.1) is 0 Å². The fourth-order valence-electron chi connectivity index (χ4n) is 2.84. The van der Waals surface area contributed by atoms with Crippen molar-refractivity contribution in [2.45, 2.75) is 6.92 Å². The van der Waals surface area contributed by atoms with E-state index in [2.05, 4.69) is 16.0 Å². The molecule has 0 aliphatic rings. The SMILES string of the molecule is CCOc1ccc(NC(=O)c2ccccc2NCC(=O)Nc2ccc(C#N)cc2)cc1. The Hall–Kier alpha value is -4.31. The van der Waals surface area contributed by atoms with Crippen LogP contribution in [0.1, 0.15) is 22.8 Å². The zero-order valence-corrected chi connectivity index (χ0v) is 17.0. The van der Waals surface area contributed by atoms with Gasteiger partial charge in [0.2, 0.25) is 5.91 Å². The van der Waals surface area contributed by atoms with Crippen molar-refractivity contribution >= 4 is 28.9 Å². The van der Waals surface area contributed by atoms with Crippen LogP contribution in [0.2, 0.25) is 0 Å². The zero-order chi connectivity index (χ0) is 22.1. The Morgan fingerprint density at radius 1 is 0.903 bits per heavy atom. The molecule has 156 valence electrons. The van der Waals surface area contributed by atoms with Gasteiger partial charge in [0.25, 0.3) is 5.91 Å². The van der Waals surface area contributed by atoms with E-state index < -0.39 is 0 Å². The van der Waals surface area contributed by atoms with Crippen molar-refractivity contribution in [2.24, 2.45) is 0 Å². The van der Waals surface area contributed by atoms with E-state index in [-0.39, 0.29) is 18.4 Å². The topological polar surface area (TPSA) is 103 Å². The Bertz CT molecular complexity index is 1090. The summed E-state index contributed by atoms with van der Waals surface area (Å²) in [7, 11) is 0. The molecule has 0 bridgehead atoms. The van der Waals surface area contributed by atoms with E-state index in [4.69, 9.17) is 10.00 Å². The summed E-state index contributed by atoms with van der Waals surface area (Å²) in [6.45, 7) is 2.46. The average Bonchev–Trinajstić information content (AvgIpc) is 2.80. The van der Waals surface area contributed by atoms with Crippen LogP contribution in [0, 0.1) is 11.3 Å². The number of hydrogen-bond acceptors (Lipinski definition) is 5. The van der Waals surface area contributed by atoms with Crippen LogP contribution in [-0.4, -0.2) is 25.0 Å². The van der Waals surface area contributed by atoms with Gasteiger partial charge in [0.05, 0.1) is 30.3 Å². The van der Waals surface area contributed by atoms with E-state index in [1.54, 1.807) is 72.8 Å². The normalized spacial score (nSPS) is 9.94. The molecule has 3 aromatic rings. The predicted octanol–water partition coefficient (Wildman–Crippen LogP) is 4.26. The largest absolute Gasteiger partial charge is 0.494 e. The van der Waals surface area contributed by atoms with Crippen molar-refractivity contribution < 1.29 is 14.3 Å². The summed E-state index contributed by atoms with van der Waals surface area (Å²) in [5.74, 6) is 0.169. The second-order valence-corrected chi connectivity index (χ2v) is 6.55. The number of anilines is 3. The molecule has 7 nitrogen and oxygen atoms in total. The van der Waals surface area contributed by atoms with Gasteiger partial charge in [-0.1, -0.05) is 12.1 Å². The molecule has 0 radical (unpaired) electrons.